The van der Waals surface area contributed by atoms with Gasteiger partial charge in [-0.15, -0.1) is 10.2 Å². The van der Waals surface area contributed by atoms with E-state index in [1.165, 1.54) is 35.8 Å². The Morgan fingerprint density at radius 1 is 1.24 bits per heavy atom. The number of rotatable bonds is 7. The minimum absolute atomic E-state index is 0.202. The van der Waals surface area contributed by atoms with E-state index in [-0.39, 0.29) is 5.76 Å². The Labute approximate surface area is 153 Å². The van der Waals surface area contributed by atoms with Gasteiger partial charge in [0.1, 0.15) is 5.76 Å². The topological polar surface area (TPSA) is 77.2 Å². The van der Waals surface area contributed by atoms with Crippen LogP contribution in [0.4, 0.5) is 10.8 Å². The number of hydrogen-bond donors (Lipinski definition) is 1. The first-order valence-electron chi connectivity index (χ1n) is 7.67. The van der Waals surface area contributed by atoms with E-state index in [1.807, 2.05) is 12.1 Å². The fourth-order valence-electron chi connectivity index (χ4n) is 2.06. The van der Waals surface area contributed by atoms with Gasteiger partial charge in [0.25, 0.3) is 0 Å². The molecular formula is C17H17N3O3S2. The quantitative estimate of drug-likeness (QED) is 0.481. The summed E-state index contributed by atoms with van der Waals surface area (Å²) in [4.78, 5) is 11.4. The molecule has 8 heteroatoms. The Kier molecular flexibility index (Phi) is 5.72. The van der Waals surface area contributed by atoms with Crippen molar-refractivity contribution in [1.82, 2.24) is 10.2 Å². The predicted molar refractivity (Wildman–Crippen MR) is 98.6 cm³/mol. The van der Waals surface area contributed by atoms with Crippen molar-refractivity contribution in [1.29, 1.82) is 0 Å². The molecule has 0 aliphatic rings. The fraction of sp³-hybridized carbons (Fsp3) is 0.235. The van der Waals surface area contributed by atoms with Crippen LogP contribution in [-0.4, -0.2) is 23.3 Å². The van der Waals surface area contributed by atoms with E-state index in [1.54, 1.807) is 12.1 Å². The lowest BCUT2D eigenvalue weighted by molar-refractivity contribution is 0.0563. The molecule has 0 saturated carbocycles. The van der Waals surface area contributed by atoms with Gasteiger partial charge in [0.05, 0.1) is 12.9 Å². The lowest BCUT2D eigenvalue weighted by Crippen LogP contribution is -1.98. The van der Waals surface area contributed by atoms with Crippen LogP contribution in [0, 0.1) is 0 Å². The molecule has 0 fully saturated rings. The Balaban J connectivity index is 1.56. The maximum Gasteiger partial charge on any atom is 0.373 e. The molecule has 0 aliphatic carbocycles. The van der Waals surface area contributed by atoms with Crippen LogP contribution in [0.25, 0.3) is 0 Å². The van der Waals surface area contributed by atoms with Crippen LogP contribution in [0.5, 0.6) is 0 Å². The molecule has 6 nitrogen and oxygen atoms in total. The maximum absolute atomic E-state index is 11.4. The standard InChI is InChI=1S/C17H17N3O3S2/c1-3-11-4-6-12(7-5-11)18-16-19-20-17(25-16)24-10-13-8-9-14(23-13)15(21)22-2/h4-9H,3,10H2,1-2H3,(H,18,19). The number of nitrogens with one attached hydrogen (secondary N) is 1. The second-order valence-corrected chi connectivity index (χ2v) is 7.29. The summed E-state index contributed by atoms with van der Waals surface area (Å²) in [6.07, 6.45) is 1.02. The van der Waals surface area contributed by atoms with Gasteiger partial charge in [0, 0.05) is 5.69 Å². The van der Waals surface area contributed by atoms with Crippen molar-refractivity contribution < 1.29 is 13.9 Å². The highest BCUT2D eigenvalue weighted by atomic mass is 32.2. The molecule has 1 N–H and O–H groups in total. The van der Waals surface area contributed by atoms with Gasteiger partial charge in [-0.05, 0) is 36.2 Å². The minimum Gasteiger partial charge on any atom is -0.463 e. The highest BCUT2D eigenvalue weighted by molar-refractivity contribution is 8.00. The van der Waals surface area contributed by atoms with Crippen LogP contribution in [0.1, 0.15) is 28.8 Å². The highest BCUT2D eigenvalue weighted by Gasteiger charge is 2.12. The third-order valence-electron chi connectivity index (χ3n) is 3.41. The molecule has 3 aromatic rings. The number of benzene rings is 1. The van der Waals surface area contributed by atoms with Gasteiger partial charge < -0.3 is 14.5 Å². The molecule has 3 rings (SSSR count). The van der Waals surface area contributed by atoms with Gasteiger partial charge in [-0.3, -0.25) is 0 Å². The van der Waals surface area contributed by atoms with Gasteiger partial charge in [0.2, 0.25) is 10.9 Å². The zero-order chi connectivity index (χ0) is 17.6. The van der Waals surface area contributed by atoms with Crippen molar-refractivity contribution >= 4 is 39.9 Å². The van der Waals surface area contributed by atoms with Crippen molar-refractivity contribution in [3.63, 3.8) is 0 Å². The van der Waals surface area contributed by atoms with Gasteiger partial charge in [-0.25, -0.2) is 4.79 Å². The highest BCUT2D eigenvalue weighted by Crippen LogP contribution is 2.30. The summed E-state index contributed by atoms with van der Waals surface area (Å²) in [5.41, 5.74) is 2.28. The summed E-state index contributed by atoms with van der Waals surface area (Å²) in [5.74, 6) is 0.975. The number of esters is 1. The SMILES string of the molecule is CCc1ccc(Nc2nnc(SCc3ccc(C(=O)OC)o3)s2)cc1. The van der Waals surface area contributed by atoms with Crippen molar-refractivity contribution in [2.75, 3.05) is 12.4 Å². The lowest BCUT2D eigenvalue weighted by Gasteiger charge is -2.02. The van der Waals surface area contributed by atoms with E-state index in [4.69, 9.17) is 4.42 Å². The molecule has 130 valence electrons. The smallest absolute Gasteiger partial charge is 0.373 e. The molecule has 0 unspecified atom stereocenters. The predicted octanol–water partition coefficient (Wildman–Crippen LogP) is 4.52. The van der Waals surface area contributed by atoms with E-state index in [0.717, 1.165) is 21.6 Å². The number of carbonyl (C=O) groups is 1. The zero-order valence-electron chi connectivity index (χ0n) is 13.8. The van der Waals surface area contributed by atoms with Crippen LogP contribution in [-0.2, 0) is 16.9 Å². The number of hydrogen-bond acceptors (Lipinski definition) is 8. The molecule has 2 heterocycles. The average Bonchev–Trinajstić information content (AvgIpc) is 3.29. The Morgan fingerprint density at radius 2 is 2.04 bits per heavy atom. The van der Waals surface area contributed by atoms with E-state index in [9.17, 15) is 4.79 Å². The first kappa shape index (κ1) is 17.5. The normalized spacial score (nSPS) is 10.6. The molecule has 0 amide bonds. The van der Waals surface area contributed by atoms with Crippen molar-refractivity contribution in [2.24, 2.45) is 0 Å². The second kappa shape index (κ2) is 8.17. The molecule has 0 saturated heterocycles. The molecule has 1 aromatic carbocycles. The number of furan rings is 1. The monoisotopic (exact) mass is 375 g/mol. The first-order chi connectivity index (χ1) is 12.2. The van der Waals surface area contributed by atoms with Crippen molar-refractivity contribution in [3.05, 3.63) is 53.5 Å². The van der Waals surface area contributed by atoms with Crippen LogP contribution in [0.3, 0.4) is 0 Å². The zero-order valence-corrected chi connectivity index (χ0v) is 15.4. The molecule has 0 bridgehead atoms. The third kappa shape index (κ3) is 4.61. The fourth-order valence-corrected chi connectivity index (χ4v) is 3.73. The first-order valence-corrected chi connectivity index (χ1v) is 9.47. The summed E-state index contributed by atoms with van der Waals surface area (Å²) in [6, 6.07) is 11.6. The number of carbonyl (C=O) groups excluding carboxylic acids is 1. The largest absolute Gasteiger partial charge is 0.463 e. The van der Waals surface area contributed by atoms with E-state index >= 15 is 0 Å². The van der Waals surface area contributed by atoms with Crippen LogP contribution < -0.4 is 5.32 Å². The molecule has 0 atom stereocenters. The molecular weight excluding hydrogens is 358 g/mol. The van der Waals surface area contributed by atoms with Crippen LogP contribution in [0.2, 0.25) is 0 Å². The molecule has 0 aliphatic heterocycles. The Bertz CT molecular complexity index is 843. The number of nitrogens with zero attached hydrogens (tertiary/aromatic N) is 2. The molecule has 0 radical (unpaired) electrons. The van der Waals surface area contributed by atoms with E-state index in [2.05, 4.69) is 39.3 Å². The van der Waals surface area contributed by atoms with E-state index < -0.39 is 5.97 Å². The summed E-state index contributed by atoms with van der Waals surface area (Å²) in [5, 5.41) is 12.3. The second-order valence-electron chi connectivity index (χ2n) is 5.09. The summed E-state index contributed by atoms with van der Waals surface area (Å²) < 4.78 is 10.9. The van der Waals surface area contributed by atoms with Gasteiger partial charge >= 0.3 is 5.97 Å². The third-order valence-corrected chi connectivity index (χ3v) is 5.40. The summed E-state index contributed by atoms with van der Waals surface area (Å²) >= 11 is 2.97. The number of methoxy groups -OCH3 is 1. The van der Waals surface area contributed by atoms with Crippen molar-refractivity contribution in [3.8, 4) is 0 Å². The summed E-state index contributed by atoms with van der Waals surface area (Å²) in [7, 11) is 1.32. The number of aryl methyl sites for hydroxylation is 1. The molecule has 0 spiro atoms. The van der Waals surface area contributed by atoms with Crippen molar-refractivity contribution in [2.45, 2.75) is 23.4 Å². The van der Waals surface area contributed by atoms with E-state index in [0.29, 0.717) is 11.5 Å². The van der Waals surface area contributed by atoms with Gasteiger partial charge in [-0.1, -0.05) is 42.2 Å². The number of thioether (sulfide) groups is 1. The number of aromatic nitrogens is 2. The minimum atomic E-state index is -0.479. The van der Waals surface area contributed by atoms with Gasteiger partial charge in [0.15, 0.2) is 4.34 Å². The maximum atomic E-state index is 11.4. The average molecular weight is 375 g/mol. The Hall–Kier alpha value is -2.32. The molecule has 25 heavy (non-hydrogen) atoms. The number of anilines is 2. The van der Waals surface area contributed by atoms with Crippen LogP contribution in [0.15, 0.2) is 45.2 Å². The van der Waals surface area contributed by atoms with Gasteiger partial charge in [-0.2, -0.15) is 0 Å². The molecule has 2 aromatic heterocycles. The van der Waals surface area contributed by atoms with Crippen LogP contribution >= 0.6 is 23.1 Å². The lowest BCUT2D eigenvalue weighted by atomic mass is 10.1. The summed E-state index contributed by atoms with van der Waals surface area (Å²) in [6.45, 7) is 2.13. The number of ether oxygens (including phenoxy) is 1. The Morgan fingerprint density at radius 3 is 2.76 bits per heavy atom.